The quantitative estimate of drug-likeness (QED) is 0.597. The first-order chi connectivity index (χ1) is 5.65. The first-order valence-corrected chi connectivity index (χ1v) is 4.18. The van der Waals surface area contributed by atoms with Crippen LogP contribution in [0.3, 0.4) is 0 Å². The summed E-state index contributed by atoms with van der Waals surface area (Å²) in [6.07, 6.45) is 0.0953. The minimum Gasteiger partial charge on any atom is -0.427 e. The topological polar surface area (TPSA) is 49.7 Å². The van der Waals surface area contributed by atoms with Gasteiger partial charge in [-0.3, -0.25) is 0 Å². The summed E-state index contributed by atoms with van der Waals surface area (Å²) >= 11 is 0. The minimum atomic E-state index is -1.46. The van der Waals surface area contributed by atoms with Gasteiger partial charge in [0.25, 0.3) is 0 Å². The van der Waals surface area contributed by atoms with Gasteiger partial charge in [0.2, 0.25) is 0 Å². The maximum Gasteiger partial charge on any atom is 0.457 e. The predicted octanol–water partition coefficient (Wildman–Crippen LogP) is 0.366. The van der Waals surface area contributed by atoms with Crippen LogP contribution >= 0.6 is 0 Å². The van der Waals surface area contributed by atoms with Crippen molar-refractivity contribution in [3.63, 3.8) is 0 Å². The molecule has 70 valence electrons. The van der Waals surface area contributed by atoms with Gasteiger partial charge in [0, 0.05) is 12.9 Å². The van der Waals surface area contributed by atoms with Gasteiger partial charge in [0.1, 0.15) is 6.17 Å². The summed E-state index contributed by atoms with van der Waals surface area (Å²) in [6, 6.07) is 0. The van der Waals surface area contributed by atoms with E-state index < -0.39 is 19.1 Å². The van der Waals surface area contributed by atoms with Gasteiger partial charge in [-0.1, -0.05) is 0 Å². The van der Waals surface area contributed by atoms with Crippen LogP contribution in [0.2, 0.25) is 5.82 Å². The van der Waals surface area contributed by atoms with E-state index in [9.17, 15) is 4.39 Å². The second-order valence-corrected chi connectivity index (χ2v) is 3.26. The number of rotatable bonds is 2. The van der Waals surface area contributed by atoms with Crippen molar-refractivity contribution >= 4 is 7.12 Å². The van der Waals surface area contributed by atoms with Crippen molar-refractivity contribution in [1.82, 2.24) is 0 Å². The van der Waals surface area contributed by atoms with E-state index in [1.54, 1.807) is 0 Å². The van der Waals surface area contributed by atoms with Crippen molar-refractivity contribution in [3.05, 3.63) is 0 Å². The number of halogens is 1. The molecule has 0 radical (unpaired) electrons. The largest absolute Gasteiger partial charge is 0.457 e. The van der Waals surface area contributed by atoms with Crippen LogP contribution in [-0.2, 0) is 4.74 Å². The third kappa shape index (κ3) is 2.18. The molecule has 3 unspecified atom stereocenters. The molecule has 0 amide bonds. The lowest BCUT2D eigenvalue weighted by Crippen LogP contribution is -2.37. The van der Waals surface area contributed by atoms with Crippen LogP contribution < -0.4 is 0 Å². The van der Waals surface area contributed by atoms with Crippen molar-refractivity contribution in [1.29, 1.82) is 0 Å². The van der Waals surface area contributed by atoms with Crippen molar-refractivity contribution in [2.75, 3.05) is 7.11 Å². The highest BCUT2D eigenvalue weighted by molar-refractivity contribution is 6.43. The lowest BCUT2D eigenvalue weighted by Gasteiger charge is -2.31. The summed E-state index contributed by atoms with van der Waals surface area (Å²) in [5, 5.41) is 17.8. The summed E-state index contributed by atoms with van der Waals surface area (Å²) in [6.45, 7) is 0. The molecule has 0 aromatic heterocycles. The molecule has 5 heteroatoms. The van der Waals surface area contributed by atoms with Crippen LogP contribution in [0.5, 0.6) is 0 Å². The smallest absolute Gasteiger partial charge is 0.427 e. The van der Waals surface area contributed by atoms with E-state index in [1.807, 2.05) is 0 Å². The maximum atomic E-state index is 12.8. The highest BCUT2D eigenvalue weighted by Crippen LogP contribution is 2.33. The fourth-order valence-electron chi connectivity index (χ4n) is 1.73. The van der Waals surface area contributed by atoms with Gasteiger partial charge in [-0.15, -0.1) is 0 Å². The van der Waals surface area contributed by atoms with Gasteiger partial charge in [0.15, 0.2) is 0 Å². The fraction of sp³-hybridized carbons (Fsp3) is 1.00. The van der Waals surface area contributed by atoms with Crippen LogP contribution in [0.25, 0.3) is 0 Å². The molecule has 0 aromatic carbocycles. The van der Waals surface area contributed by atoms with E-state index in [1.165, 1.54) is 7.11 Å². The summed E-state index contributed by atoms with van der Waals surface area (Å²) < 4.78 is 17.9. The molecule has 3 nitrogen and oxygen atoms in total. The molecular weight excluding hydrogens is 162 g/mol. The van der Waals surface area contributed by atoms with Gasteiger partial charge >= 0.3 is 7.12 Å². The number of hydrogen-bond acceptors (Lipinski definition) is 3. The molecule has 0 spiro atoms. The first kappa shape index (κ1) is 9.96. The highest BCUT2D eigenvalue weighted by Gasteiger charge is 2.37. The lowest BCUT2D eigenvalue weighted by molar-refractivity contribution is 0.0399. The predicted molar refractivity (Wildman–Crippen MR) is 43.5 cm³/mol. The maximum absolute atomic E-state index is 12.8. The van der Waals surface area contributed by atoms with Crippen LogP contribution in [0, 0.1) is 0 Å². The van der Waals surface area contributed by atoms with E-state index in [-0.39, 0.29) is 12.5 Å². The van der Waals surface area contributed by atoms with Crippen molar-refractivity contribution in [3.8, 4) is 0 Å². The number of methoxy groups -OCH3 is 1. The van der Waals surface area contributed by atoms with Gasteiger partial charge in [-0.25, -0.2) is 4.39 Å². The van der Waals surface area contributed by atoms with E-state index in [0.717, 1.165) is 0 Å². The molecule has 0 aliphatic heterocycles. The molecule has 1 rings (SSSR count). The molecule has 2 N–H and O–H groups in total. The van der Waals surface area contributed by atoms with Crippen LogP contribution in [-0.4, -0.2) is 36.6 Å². The third-order valence-corrected chi connectivity index (χ3v) is 2.46. The monoisotopic (exact) mass is 176 g/mol. The molecule has 0 bridgehead atoms. The molecule has 0 heterocycles. The molecular formula is C7H14BFO3. The summed E-state index contributed by atoms with van der Waals surface area (Å²) in [4.78, 5) is 0. The SMILES string of the molecule is COC1CCC(F)CC1B(O)O. The van der Waals surface area contributed by atoms with Gasteiger partial charge in [-0.05, 0) is 19.3 Å². The van der Waals surface area contributed by atoms with Gasteiger partial charge in [0.05, 0.1) is 6.10 Å². The molecule has 1 fully saturated rings. The van der Waals surface area contributed by atoms with E-state index in [2.05, 4.69) is 0 Å². The number of hydrogen-bond donors (Lipinski definition) is 2. The van der Waals surface area contributed by atoms with Crippen LogP contribution in [0.1, 0.15) is 19.3 Å². The van der Waals surface area contributed by atoms with E-state index in [4.69, 9.17) is 14.8 Å². The third-order valence-electron chi connectivity index (χ3n) is 2.46. The Hall–Kier alpha value is -0.125. The molecule has 1 aliphatic carbocycles. The average Bonchev–Trinajstić information content (AvgIpc) is 2.04. The summed E-state index contributed by atoms with van der Waals surface area (Å²) in [5.41, 5.74) is 0. The van der Waals surface area contributed by atoms with Gasteiger partial charge < -0.3 is 14.8 Å². The highest BCUT2D eigenvalue weighted by atomic mass is 19.1. The van der Waals surface area contributed by atoms with Crippen molar-refractivity contribution in [2.24, 2.45) is 0 Å². The normalized spacial score (nSPS) is 36.5. The lowest BCUT2D eigenvalue weighted by atomic mass is 9.63. The Morgan fingerprint density at radius 2 is 2.08 bits per heavy atom. The number of alkyl halides is 1. The zero-order valence-corrected chi connectivity index (χ0v) is 7.11. The van der Waals surface area contributed by atoms with Gasteiger partial charge in [-0.2, -0.15) is 0 Å². The molecule has 1 saturated carbocycles. The Morgan fingerprint density at radius 3 is 2.58 bits per heavy atom. The van der Waals surface area contributed by atoms with Crippen LogP contribution in [0.15, 0.2) is 0 Å². The Balaban J connectivity index is 2.52. The molecule has 12 heavy (non-hydrogen) atoms. The summed E-state index contributed by atoms with van der Waals surface area (Å²) in [5.74, 6) is -0.473. The Labute approximate surface area is 71.7 Å². The summed E-state index contributed by atoms with van der Waals surface area (Å²) in [7, 11) is 0.0482. The minimum absolute atomic E-state index is 0.191. The molecule has 0 saturated heterocycles. The zero-order valence-electron chi connectivity index (χ0n) is 7.11. The van der Waals surface area contributed by atoms with E-state index in [0.29, 0.717) is 12.8 Å². The zero-order chi connectivity index (χ0) is 9.14. The Bertz CT molecular complexity index is 145. The second-order valence-electron chi connectivity index (χ2n) is 3.26. The van der Waals surface area contributed by atoms with E-state index >= 15 is 0 Å². The fourth-order valence-corrected chi connectivity index (χ4v) is 1.73. The van der Waals surface area contributed by atoms with Crippen molar-refractivity contribution < 1.29 is 19.2 Å². The van der Waals surface area contributed by atoms with Crippen LogP contribution in [0.4, 0.5) is 4.39 Å². The molecule has 0 aromatic rings. The Morgan fingerprint density at radius 1 is 1.42 bits per heavy atom. The van der Waals surface area contributed by atoms with Crippen molar-refractivity contribution in [2.45, 2.75) is 37.4 Å². The molecule has 1 aliphatic rings. The standard InChI is InChI=1S/C7H14BFO3/c1-12-7-3-2-5(9)4-6(7)8(10)11/h5-7,10-11H,2-4H2,1H3. The average molecular weight is 176 g/mol. The Kier molecular flexibility index (Phi) is 3.49. The molecule has 3 atom stereocenters. The first-order valence-electron chi connectivity index (χ1n) is 4.18. The number of ether oxygens (including phenoxy) is 1. The second kappa shape index (κ2) is 4.21.